The average Bonchev–Trinajstić information content (AvgIpc) is 3.47. The van der Waals surface area contributed by atoms with Crippen LogP contribution in [0.25, 0.3) is 11.1 Å². The number of pyridine rings is 2. The predicted octanol–water partition coefficient (Wildman–Crippen LogP) is 6.29. The van der Waals surface area contributed by atoms with Crippen molar-refractivity contribution in [1.82, 2.24) is 9.97 Å². The van der Waals surface area contributed by atoms with Gasteiger partial charge in [0.1, 0.15) is 18.2 Å². The maximum Gasteiger partial charge on any atom is 0.417 e. The van der Waals surface area contributed by atoms with Gasteiger partial charge in [0, 0.05) is 41.6 Å². The van der Waals surface area contributed by atoms with E-state index < -0.39 is 23.2 Å². The van der Waals surface area contributed by atoms with Crippen LogP contribution in [0.2, 0.25) is 0 Å². The van der Waals surface area contributed by atoms with Gasteiger partial charge in [0.25, 0.3) is 0 Å². The molecule has 0 unspecified atom stereocenters. The van der Waals surface area contributed by atoms with E-state index in [1.165, 1.54) is 12.1 Å². The van der Waals surface area contributed by atoms with Gasteiger partial charge < -0.3 is 14.6 Å². The van der Waals surface area contributed by atoms with Crippen LogP contribution in [0.3, 0.4) is 0 Å². The first-order valence-electron chi connectivity index (χ1n) is 13.1. The predicted molar refractivity (Wildman–Crippen MR) is 138 cm³/mol. The van der Waals surface area contributed by atoms with Crippen LogP contribution in [0, 0.1) is 17.7 Å². The molecule has 1 aromatic carbocycles. The molecule has 1 N–H and O–H groups in total. The Bertz CT molecular complexity index is 1430. The van der Waals surface area contributed by atoms with Gasteiger partial charge in [0.05, 0.1) is 17.8 Å². The molecule has 0 saturated heterocycles. The lowest BCUT2D eigenvalue weighted by Crippen LogP contribution is -2.19. The molecule has 2 aliphatic rings. The van der Waals surface area contributed by atoms with Crippen molar-refractivity contribution in [3.63, 3.8) is 0 Å². The Morgan fingerprint density at radius 1 is 1.07 bits per heavy atom. The van der Waals surface area contributed by atoms with Crippen molar-refractivity contribution >= 4 is 5.78 Å². The molecule has 0 amide bonds. The summed E-state index contributed by atoms with van der Waals surface area (Å²) in [6.07, 6.45) is -0.326. The van der Waals surface area contributed by atoms with E-state index in [1.54, 1.807) is 33.0 Å². The molecule has 6 nitrogen and oxygen atoms in total. The second-order valence-corrected chi connectivity index (χ2v) is 11.2. The van der Waals surface area contributed by atoms with E-state index in [9.17, 15) is 27.5 Å². The highest BCUT2D eigenvalue weighted by molar-refractivity contribution is 5.84. The highest BCUT2D eigenvalue weighted by Gasteiger charge is 2.58. The Hall–Kier alpha value is -3.53. The largest absolute Gasteiger partial charge is 0.478 e. The number of ketones is 1. The number of hydrogen-bond donors (Lipinski definition) is 1. The highest BCUT2D eigenvalue weighted by atomic mass is 19.4. The minimum absolute atomic E-state index is 0.0632. The summed E-state index contributed by atoms with van der Waals surface area (Å²) in [6.45, 7) is 4.75. The number of fused-ring (bicyclic) bond motifs is 3. The van der Waals surface area contributed by atoms with Crippen molar-refractivity contribution < 1.29 is 36.9 Å². The second-order valence-electron chi connectivity index (χ2n) is 11.2. The zero-order valence-corrected chi connectivity index (χ0v) is 22.4. The Balaban J connectivity index is 1.30. The molecule has 3 aromatic rings. The van der Waals surface area contributed by atoms with Gasteiger partial charge in [-0.2, -0.15) is 13.2 Å². The summed E-state index contributed by atoms with van der Waals surface area (Å²) in [5, 5.41) is 9.78. The van der Waals surface area contributed by atoms with Gasteiger partial charge in [-0.05, 0) is 80.7 Å². The first-order valence-corrected chi connectivity index (χ1v) is 13.1. The number of rotatable bonds is 10. The lowest BCUT2D eigenvalue weighted by atomic mass is 9.99. The van der Waals surface area contributed by atoms with Crippen LogP contribution < -0.4 is 9.47 Å². The summed E-state index contributed by atoms with van der Waals surface area (Å²) in [5.41, 5.74) is 0.217. The second kappa shape index (κ2) is 10.5. The Kier molecular flexibility index (Phi) is 7.33. The molecule has 1 saturated carbocycles. The molecule has 3 atom stereocenters. The van der Waals surface area contributed by atoms with E-state index in [-0.39, 0.29) is 59.3 Å². The number of nitrogens with zero attached hydrogens (tertiary/aromatic N) is 2. The standard InChI is InChI=1S/C30H30F4N2O4/c1-16(37)27-20-10-18-11-25(36-14-22(18)28(20)27)40-15-19-9-17(5-6-24(19)31)21-13-35-26(12-23(21)30(32,33)34)39-8-4-7-29(2,3)38/h5-6,9,11-14,20,27-28,38H,4,7-8,10,15H2,1-3H3/t20-,27-,28+/m0/s1. The first kappa shape index (κ1) is 28.0. The van der Waals surface area contributed by atoms with Crippen molar-refractivity contribution in [2.75, 3.05) is 6.61 Å². The minimum atomic E-state index is -4.70. The zero-order chi connectivity index (χ0) is 28.8. The van der Waals surface area contributed by atoms with Crippen molar-refractivity contribution in [2.45, 2.75) is 64.3 Å². The van der Waals surface area contributed by atoms with Gasteiger partial charge in [-0.1, -0.05) is 6.07 Å². The average molecular weight is 559 g/mol. The lowest BCUT2D eigenvalue weighted by molar-refractivity contribution is -0.137. The van der Waals surface area contributed by atoms with Gasteiger partial charge in [0.2, 0.25) is 11.8 Å². The van der Waals surface area contributed by atoms with Crippen molar-refractivity contribution in [3.05, 3.63) is 70.8 Å². The van der Waals surface area contributed by atoms with Gasteiger partial charge in [-0.25, -0.2) is 14.4 Å². The van der Waals surface area contributed by atoms with E-state index in [0.717, 1.165) is 35.9 Å². The molecule has 2 heterocycles. The molecule has 1 fully saturated rings. The first-order chi connectivity index (χ1) is 18.8. The maximum atomic E-state index is 14.6. The molecule has 10 heteroatoms. The van der Waals surface area contributed by atoms with Gasteiger partial charge in [0.15, 0.2) is 0 Å². The summed E-state index contributed by atoms with van der Waals surface area (Å²) in [6, 6.07) is 6.29. The summed E-state index contributed by atoms with van der Waals surface area (Å²) in [5.74, 6) is 0.241. The van der Waals surface area contributed by atoms with Gasteiger partial charge in [-0.3, -0.25) is 4.79 Å². The number of halogens is 4. The summed E-state index contributed by atoms with van der Waals surface area (Å²) >= 11 is 0. The van der Waals surface area contributed by atoms with Crippen LogP contribution in [0.15, 0.2) is 42.7 Å². The van der Waals surface area contributed by atoms with Crippen molar-refractivity contribution in [2.24, 2.45) is 11.8 Å². The molecule has 212 valence electrons. The number of aromatic nitrogens is 2. The molecule has 0 aliphatic heterocycles. The van der Waals surface area contributed by atoms with E-state index in [2.05, 4.69) is 9.97 Å². The quantitative estimate of drug-likeness (QED) is 0.233. The van der Waals surface area contributed by atoms with Crippen LogP contribution >= 0.6 is 0 Å². The third kappa shape index (κ3) is 5.96. The maximum absolute atomic E-state index is 14.6. The molecule has 5 rings (SSSR count). The highest BCUT2D eigenvalue weighted by Crippen LogP contribution is 2.61. The monoisotopic (exact) mass is 558 g/mol. The Labute approximate surface area is 229 Å². The Morgan fingerprint density at radius 2 is 1.80 bits per heavy atom. The normalized spacial score (nSPS) is 19.6. The van der Waals surface area contributed by atoms with Crippen molar-refractivity contribution in [1.29, 1.82) is 0 Å². The number of alkyl halides is 3. The van der Waals surface area contributed by atoms with Crippen molar-refractivity contribution in [3.8, 4) is 22.9 Å². The topological polar surface area (TPSA) is 81.5 Å². The third-order valence-electron chi connectivity index (χ3n) is 7.55. The molecular weight excluding hydrogens is 528 g/mol. The van der Waals surface area contributed by atoms with Crippen LogP contribution in [0.5, 0.6) is 11.8 Å². The summed E-state index contributed by atoms with van der Waals surface area (Å²) < 4.78 is 67.7. The van der Waals surface area contributed by atoms with Crippen LogP contribution in [0.1, 0.15) is 61.8 Å². The third-order valence-corrected chi connectivity index (χ3v) is 7.55. The Morgan fingerprint density at radius 3 is 2.50 bits per heavy atom. The molecule has 0 bridgehead atoms. The lowest BCUT2D eigenvalue weighted by Gasteiger charge is -2.17. The number of benzene rings is 1. The molecule has 0 spiro atoms. The number of carbonyl (C=O) groups is 1. The van der Waals surface area contributed by atoms with Gasteiger partial charge in [-0.15, -0.1) is 0 Å². The number of hydrogen-bond acceptors (Lipinski definition) is 6. The van der Waals surface area contributed by atoms with Crippen LogP contribution in [-0.2, 0) is 24.0 Å². The molecule has 40 heavy (non-hydrogen) atoms. The number of aliphatic hydroxyl groups is 1. The summed E-state index contributed by atoms with van der Waals surface area (Å²) in [4.78, 5) is 20.1. The van der Waals surface area contributed by atoms with E-state index >= 15 is 0 Å². The van der Waals surface area contributed by atoms with Gasteiger partial charge >= 0.3 is 6.18 Å². The van der Waals surface area contributed by atoms with E-state index in [4.69, 9.17) is 9.47 Å². The van der Waals surface area contributed by atoms with Crippen LogP contribution in [-0.4, -0.2) is 33.1 Å². The number of carbonyl (C=O) groups excluding carboxylic acids is 1. The molecular formula is C30H30F4N2O4. The molecule has 0 radical (unpaired) electrons. The number of ether oxygens (including phenoxy) is 2. The van der Waals surface area contributed by atoms with E-state index in [0.29, 0.717) is 18.8 Å². The molecule has 2 aliphatic carbocycles. The number of Topliss-reactive ketones (excluding diaryl/α,β-unsaturated/α-hetero) is 1. The smallest absolute Gasteiger partial charge is 0.417 e. The fraction of sp³-hybridized carbons (Fsp3) is 0.433. The minimum Gasteiger partial charge on any atom is -0.478 e. The zero-order valence-electron chi connectivity index (χ0n) is 22.4. The van der Waals surface area contributed by atoms with E-state index in [1.807, 2.05) is 0 Å². The SMILES string of the molecule is CC(=O)[C@H]1[C@@H]2Cc3cc(OCc4cc(-c5cnc(OCCCC(C)(C)O)cc5C(F)(F)F)ccc4F)ncc3[C@@H]21. The van der Waals surface area contributed by atoms with Crippen LogP contribution in [0.4, 0.5) is 17.6 Å². The summed E-state index contributed by atoms with van der Waals surface area (Å²) in [7, 11) is 0. The fourth-order valence-electron chi connectivity index (χ4n) is 5.57. The fourth-order valence-corrected chi connectivity index (χ4v) is 5.57. The molecule has 2 aromatic heterocycles.